The predicted molar refractivity (Wildman–Crippen MR) is 57.3 cm³/mol. The minimum atomic E-state index is 0.390. The minimum Gasteiger partial charge on any atom is -0.261 e. The fourth-order valence-electron chi connectivity index (χ4n) is 1.57. The molecule has 3 nitrogen and oxygen atoms in total. The van der Waals surface area contributed by atoms with Crippen molar-refractivity contribution in [1.82, 2.24) is 14.8 Å². The van der Waals surface area contributed by atoms with Crippen molar-refractivity contribution in [1.29, 1.82) is 0 Å². The molecule has 0 fully saturated rings. The number of nitrogens with zero attached hydrogens (tertiary/aromatic N) is 3. The average molecular weight is 189 g/mol. The van der Waals surface area contributed by atoms with Gasteiger partial charge in [-0.05, 0) is 31.9 Å². The van der Waals surface area contributed by atoms with E-state index in [1.54, 1.807) is 0 Å². The number of pyridine rings is 1. The molecule has 2 heterocycles. The molecule has 0 atom stereocenters. The van der Waals surface area contributed by atoms with Gasteiger partial charge < -0.3 is 0 Å². The van der Waals surface area contributed by atoms with Crippen molar-refractivity contribution in [2.45, 2.75) is 33.2 Å². The first kappa shape index (κ1) is 9.19. The Morgan fingerprint density at radius 1 is 1.36 bits per heavy atom. The molecule has 14 heavy (non-hydrogen) atoms. The van der Waals surface area contributed by atoms with Crippen molar-refractivity contribution in [3.63, 3.8) is 0 Å². The molecule has 0 spiro atoms. The first-order valence-electron chi connectivity index (χ1n) is 5.04. The molecule has 0 aliphatic heterocycles. The van der Waals surface area contributed by atoms with Gasteiger partial charge in [0.1, 0.15) is 5.52 Å². The Morgan fingerprint density at radius 2 is 2.14 bits per heavy atom. The maximum Gasteiger partial charge on any atom is 0.108 e. The molecule has 0 radical (unpaired) electrons. The van der Waals surface area contributed by atoms with Gasteiger partial charge >= 0.3 is 0 Å². The molecule has 0 amide bonds. The maximum atomic E-state index is 4.37. The van der Waals surface area contributed by atoms with Crippen LogP contribution in [-0.4, -0.2) is 14.8 Å². The van der Waals surface area contributed by atoms with Crippen molar-refractivity contribution in [2.75, 3.05) is 0 Å². The van der Waals surface area contributed by atoms with E-state index in [1.807, 2.05) is 17.1 Å². The van der Waals surface area contributed by atoms with Crippen LogP contribution in [-0.2, 0) is 6.42 Å². The lowest BCUT2D eigenvalue weighted by molar-refractivity contribution is 0.550. The van der Waals surface area contributed by atoms with Gasteiger partial charge in [0.25, 0.3) is 0 Å². The molecule has 0 N–H and O–H groups in total. The van der Waals surface area contributed by atoms with E-state index < -0.39 is 0 Å². The van der Waals surface area contributed by atoms with Crippen LogP contribution >= 0.6 is 0 Å². The molecule has 0 bridgehead atoms. The molecular formula is C11H15N3. The molecule has 0 unspecified atom stereocenters. The van der Waals surface area contributed by atoms with Gasteiger partial charge in [-0.2, -0.15) is 5.10 Å². The Labute approximate surface area is 83.8 Å². The third-order valence-electron chi connectivity index (χ3n) is 2.40. The van der Waals surface area contributed by atoms with Gasteiger partial charge in [-0.25, -0.2) is 0 Å². The number of hydrogen-bond donors (Lipinski definition) is 0. The van der Waals surface area contributed by atoms with E-state index in [9.17, 15) is 0 Å². The highest BCUT2D eigenvalue weighted by Crippen LogP contribution is 2.16. The van der Waals surface area contributed by atoms with Crippen molar-refractivity contribution in [2.24, 2.45) is 0 Å². The molecule has 74 valence electrons. The monoisotopic (exact) mass is 189 g/mol. The van der Waals surface area contributed by atoms with Crippen LogP contribution in [0.2, 0.25) is 0 Å². The van der Waals surface area contributed by atoms with Gasteiger partial charge in [0.05, 0.1) is 11.7 Å². The molecule has 0 saturated heterocycles. The molecule has 2 aromatic rings. The Hall–Kier alpha value is -1.38. The number of hydrogen-bond acceptors (Lipinski definition) is 2. The first-order valence-corrected chi connectivity index (χ1v) is 5.04. The lowest BCUT2D eigenvalue weighted by Gasteiger charge is -2.07. The molecule has 2 rings (SSSR count). The zero-order chi connectivity index (χ0) is 10.1. The topological polar surface area (TPSA) is 30.7 Å². The van der Waals surface area contributed by atoms with Gasteiger partial charge in [-0.3, -0.25) is 9.67 Å². The number of rotatable bonds is 2. The molecule has 0 aliphatic carbocycles. The second kappa shape index (κ2) is 3.40. The SMILES string of the molecule is CCc1cnc2cnn(C(C)C)c2c1. The summed E-state index contributed by atoms with van der Waals surface area (Å²) in [5.41, 5.74) is 3.38. The zero-order valence-corrected chi connectivity index (χ0v) is 8.86. The van der Waals surface area contributed by atoms with Crippen LogP contribution < -0.4 is 0 Å². The highest BCUT2D eigenvalue weighted by atomic mass is 15.3. The summed E-state index contributed by atoms with van der Waals surface area (Å²) in [6.07, 6.45) is 4.77. The summed E-state index contributed by atoms with van der Waals surface area (Å²) in [5, 5.41) is 4.32. The van der Waals surface area contributed by atoms with Crippen LogP contribution in [0.4, 0.5) is 0 Å². The van der Waals surface area contributed by atoms with Crippen LogP contribution in [0.25, 0.3) is 11.0 Å². The van der Waals surface area contributed by atoms with Crippen LogP contribution in [0, 0.1) is 0 Å². The lowest BCUT2D eigenvalue weighted by atomic mass is 10.2. The standard InChI is InChI=1S/C11H15N3/c1-4-9-5-11-10(12-6-9)7-13-14(11)8(2)3/h5-8H,4H2,1-3H3. The number of aryl methyl sites for hydroxylation is 1. The highest BCUT2D eigenvalue weighted by molar-refractivity contribution is 5.74. The lowest BCUT2D eigenvalue weighted by Crippen LogP contribution is -2.02. The van der Waals surface area contributed by atoms with Gasteiger partial charge in [0.15, 0.2) is 0 Å². The fourth-order valence-corrected chi connectivity index (χ4v) is 1.57. The van der Waals surface area contributed by atoms with Crippen LogP contribution in [0.5, 0.6) is 0 Å². The summed E-state index contributed by atoms with van der Waals surface area (Å²) in [6, 6.07) is 2.57. The molecule has 0 saturated carbocycles. The second-order valence-corrected chi connectivity index (χ2v) is 3.78. The zero-order valence-electron chi connectivity index (χ0n) is 8.86. The van der Waals surface area contributed by atoms with E-state index in [0.29, 0.717) is 6.04 Å². The fraction of sp³-hybridized carbons (Fsp3) is 0.455. The van der Waals surface area contributed by atoms with Gasteiger partial charge in [0, 0.05) is 12.2 Å². The Bertz CT molecular complexity index is 443. The quantitative estimate of drug-likeness (QED) is 0.727. The molecule has 0 aliphatic rings. The summed E-state index contributed by atoms with van der Waals surface area (Å²) in [4.78, 5) is 4.37. The smallest absolute Gasteiger partial charge is 0.108 e. The predicted octanol–water partition coefficient (Wildman–Crippen LogP) is 2.57. The first-order chi connectivity index (χ1) is 6.72. The van der Waals surface area contributed by atoms with E-state index in [1.165, 1.54) is 5.56 Å². The van der Waals surface area contributed by atoms with E-state index in [0.717, 1.165) is 17.5 Å². The molecule has 2 aromatic heterocycles. The van der Waals surface area contributed by atoms with Crippen molar-refractivity contribution >= 4 is 11.0 Å². The normalized spacial score (nSPS) is 11.4. The second-order valence-electron chi connectivity index (χ2n) is 3.78. The largest absolute Gasteiger partial charge is 0.261 e. The third kappa shape index (κ3) is 1.39. The van der Waals surface area contributed by atoms with Crippen LogP contribution in [0.1, 0.15) is 32.4 Å². The van der Waals surface area contributed by atoms with Crippen molar-refractivity contribution in [3.8, 4) is 0 Å². The van der Waals surface area contributed by atoms with Crippen LogP contribution in [0.3, 0.4) is 0 Å². The Morgan fingerprint density at radius 3 is 2.79 bits per heavy atom. The van der Waals surface area contributed by atoms with Crippen molar-refractivity contribution < 1.29 is 0 Å². The van der Waals surface area contributed by atoms with Crippen molar-refractivity contribution in [3.05, 3.63) is 24.0 Å². The Kier molecular flexibility index (Phi) is 2.23. The van der Waals surface area contributed by atoms with E-state index in [2.05, 4.69) is 36.9 Å². The highest BCUT2D eigenvalue weighted by Gasteiger charge is 2.06. The summed E-state index contributed by atoms with van der Waals surface area (Å²) in [6.45, 7) is 6.40. The Balaban J connectivity index is 2.63. The minimum absolute atomic E-state index is 0.390. The van der Waals surface area contributed by atoms with Gasteiger partial charge in [-0.15, -0.1) is 0 Å². The van der Waals surface area contributed by atoms with Crippen LogP contribution in [0.15, 0.2) is 18.5 Å². The summed E-state index contributed by atoms with van der Waals surface area (Å²) < 4.78 is 2.02. The van der Waals surface area contributed by atoms with E-state index in [4.69, 9.17) is 0 Å². The molecule has 3 heteroatoms. The average Bonchev–Trinajstić information content (AvgIpc) is 2.59. The third-order valence-corrected chi connectivity index (χ3v) is 2.40. The van der Waals surface area contributed by atoms with Gasteiger partial charge in [-0.1, -0.05) is 6.92 Å². The summed E-state index contributed by atoms with van der Waals surface area (Å²) in [7, 11) is 0. The molecular weight excluding hydrogens is 174 g/mol. The van der Waals surface area contributed by atoms with E-state index in [-0.39, 0.29) is 0 Å². The summed E-state index contributed by atoms with van der Waals surface area (Å²) in [5.74, 6) is 0. The number of fused-ring (bicyclic) bond motifs is 1. The number of aromatic nitrogens is 3. The maximum absolute atomic E-state index is 4.37. The molecule has 0 aromatic carbocycles. The summed E-state index contributed by atoms with van der Waals surface area (Å²) >= 11 is 0. The van der Waals surface area contributed by atoms with E-state index >= 15 is 0 Å². The van der Waals surface area contributed by atoms with Gasteiger partial charge in [0.2, 0.25) is 0 Å².